The Balaban J connectivity index is 1.49. The lowest BCUT2D eigenvalue weighted by Gasteiger charge is -2.15. The van der Waals surface area contributed by atoms with Crippen LogP contribution in [0.25, 0.3) is 6.08 Å². The second-order valence-electron chi connectivity index (χ2n) is 10.0. The highest BCUT2D eigenvalue weighted by atomic mass is 32.2. The number of amides is 3. The largest absolute Gasteiger partial charge is 0.497 e. The van der Waals surface area contributed by atoms with Gasteiger partial charge in [0.05, 0.1) is 25.0 Å². The van der Waals surface area contributed by atoms with Gasteiger partial charge in [0, 0.05) is 27.4 Å². The topological polar surface area (TPSA) is 143 Å². The maximum atomic E-state index is 13.5. The van der Waals surface area contributed by atoms with Gasteiger partial charge in [-0.1, -0.05) is 24.3 Å². The number of benzene rings is 4. The zero-order valence-electron chi connectivity index (χ0n) is 25.6. The van der Waals surface area contributed by atoms with Crippen LogP contribution in [-0.4, -0.2) is 48.3 Å². The van der Waals surface area contributed by atoms with E-state index in [2.05, 4.69) is 16.0 Å². The normalized spacial score (nSPS) is 11.6. The number of nitrogens with one attached hydrogen (secondary N) is 3. The van der Waals surface area contributed by atoms with Crippen LogP contribution in [0.15, 0.2) is 102 Å². The van der Waals surface area contributed by atoms with Crippen molar-refractivity contribution in [2.24, 2.45) is 0 Å². The summed E-state index contributed by atoms with van der Waals surface area (Å²) < 4.78 is 10.8. The highest BCUT2D eigenvalue weighted by molar-refractivity contribution is 8.00. The Kier molecular flexibility index (Phi) is 11.2. The molecule has 0 aliphatic rings. The number of carboxylic acids is 1. The van der Waals surface area contributed by atoms with E-state index in [1.165, 1.54) is 44.2 Å². The van der Waals surface area contributed by atoms with Gasteiger partial charge in [-0.05, 0) is 92.2 Å². The smallest absolute Gasteiger partial charge is 0.335 e. The molecule has 0 heterocycles. The van der Waals surface area contributed by atoms with E-state index in [-0.39, 0.29) is 17.2 Å². The zero-order chi connectivity index (χ0) is 33.2. The molecule has 1 unspecified atom stereocenters. The molecule has 0 spiro atoms. The fraction of sp³-hybridized carbons (Fsp3) is 0.143. The number of hydrogen-bond donors (Lipinski definition) is 4. The number of thioether (sulfide) groups is 1. The van der Waals surface area contributed by atoms with Gasteiger partial charge >= 0.3 is 5.97 Å². The van der Waals surface area contributed by atoms with Crippen molar-refractivity contribution in [3.05, 3.63) is 119 Å². The van der Waals surface area contributed by atoms with Gasteiger partial charge in [0.25, 0.3) is 11.8 Å². The summed E-state index contributed by atoms with van der Waals surface area (Å²) in [5.74, 6) is -1.38. The van der Waals surface area contributed by atoms with E-state index in [1.807, 2.05) is 0 Å². The Bertz CT molecular complexity index is 1770. The molecule has 0 aliphatic carbocycles. The number of anilines is 2. The molecule has 0 aromatic heterocycles. The molecule has 236 valence electrons. The van der Waals surface area contributed by atoms with Gasteiger partial charge in [-0.15, -0.1) is 11.8 Å². The summed E-state index contributed by atoms with van der Waals surface area (Å²) >= 11 is 1.30. The summed E-state index contributed by atoms with van der Waals surface area (Å²) in [7, 11) is 3.03. The molecule has 4 rings (SSSR count). The summed E-state index contributed by atoms with van der Waals surface area (Å²) in [5.41, 5.74) is 2.60. The van der Waals surface area contributed by atoms with Gasteiger partial charge in [0.15, 0.2) is 0 Å². The SMILES string of the molecule is COc1ccc(OC)c(/C=C(\NC(=O)c2ccccc2)C(=O)Nc2ccc(SC(C)C(=O)Nc3cc(C(=O)O)ccc3C)cc2)c1. The minimum atomic E-state index is -1.08. The molecule has 0 saturated heterocycles. The van der Waals surface area contributed by atoms with E-state index >= 15 is 0 Å². The number of methoxy groups -OCH3 is 2. The van der Waals surface area contributed by atoms with Crippen molar-refractivity contribution in [1.82, 2.24) is 5.32 Å². The Morgan fingerprint density at radius 1 is 0.826 bits per heavy atom. The Morgan fingerprint density at radius 3 is 2.20 bits per heavy atom. The maximum absolute atomic E-state index is 13.5. The predicted octanol–water partition coefficient (Wildman–Crippen LogP) is 6.24. The number of rotatable bonds is 12. The van der Waals surface area contributed by atoms with E-state index in [0.717, 1.165) is 10.5 Å². The number of hydrogen-bond acceptors (Lipinski definition) is 7. The van der Waals surface area contributed by atoms with Crippen LogP contribution in [0.1, 0.15) is 38.8 Å². The lowest BCUT2D eigenvalue weighted by molar-refractivity contribution is -0.115. The van der Waals surface area contributed by atoms with Crippen molar-refractivity contribution >= 4 is 52.9 Å². The molecule has 10 nitrogen and oxygen atoms in total. The summed E-state index contributed by atoms with van der Waals surface area (Å²) in [6.45, 7) is 3.53. The molecule has 0 radical (unpaired) electrons. The van der Waals surface area contributed by atoms with Crippen molar-refractivity contribution in [2.75, 3.05) is 24.9 Å². The van der Waals surface area contributed by atoms with Crippen LogP contribution >= 0.6 is 11.8 Å². The van der Waals surface area contributed by atoms with Crippen LogP contribution in [0.4, 0.5) is 11.4 Å². The summed E-state index contributed by atoms with van der Waals surface area (Å²) in [4.78, 5) is 51.5. The number of ether oxygens (including phenoxy) is 2. The van der Waals surface area contributed by atoms with Crippen molar-refractivity contribution in [1.29, 1.82) is 0 Å². The van der Waals surface area contributed by atoms with E-state index in [0.29, 0.717) is 34.0 Å². The zero-order valence-corrected chi connectivity index (χ0v) is 26.4. The third-order valence-electron chi connectivity index (χ3n) is 6.80. The lowest BCUT2D eigenvalue weighted by Crippen LogP contribution is -2.30. The molecule has 0 saturated carbocycles. The van der Waals surface area contributed by atoms with Crippen molar-refractivity contribution in [3.8, 4) is 11.5 Å². The molecular weight excluding hydrogens is 606 g/mol. The summed E-state index contributed by atoms with van der Waals surface area (Å²) in [5, 5.41) is 17.1. The molecule has 11 heteroatoms. The molecule has 4 aromatic carbocycles. The van der Waals surface area contributed by atoms with Gasteiger partial charge in [0.1, 0.15) is 17.2 Å². The summed E-state index contributed by atoms with van der Waals surface area (Å²) in [6.07, 6.45) is 1.51. The fourth-order valence-corrected chi connectivity index (χ4v) is 5.11. The predicted molar refractivity (Wildman–Crippen MR) is 179 cm³/mol. The van der Waals surface area contributed by atoms with E-state index in [1.54, 1.807) is 92.7 Å². The number of aromatic carboxylic acids is 1. The third kappa shape index (κ3) is 8.76. The van der Waals surface area contributed by atoms with Gasteiger partial charge < -0.3 is 30.5 Å². The minimum absolute atomic E-state index is 0.0218. The average Bonchev–Trinajstić information content (AvgIpc) is 3.06. The number of carbonyl (C=O) groups is 4. The van der Waals surface area contributed by atoms with Crippen molar-refractivity contribution in [2.45, 2.75) is 24.0 Å². The molecule has 1 atom stereocenters. The van der Waals surface area contributed by atoms with Crippen LogP contribution in [0.2, 0.25) is 0 Å². The van der Waals surface area contributed by atoms with Crippen LogP contribution in [0.5, 0.6) is 11.5 Å². The Hall–Kier alpha value is -5.55. The number of carbonyl (C=O) groups excluding carboxylic acids is 3. The first kappa shape index (κ1) is 33.3. The Morgan fingerprint density at radius 2 is 1.54 bits per heavy atom. The van der Waals surface area contributed by atoms with Gasteiger partial charge in [-0.25, -0.2) is 4.79 Å². The van der Waals surface area contributed by atoms with Crippen LogP contribution in [0, 0.1) is 6.92 Å². The maximum Gasteiger partial charge on any atom is 0.335 e. The van der Waals surface area contributed by atoms with Crippen LogP contribution in [0.3, 0.4) is 0 Å². The average molecular weight is 640 g/mol. The molecule has 4 N–H and O–H groups in total. The van der Waals surface area contributed by atoms with Crippen molar-refractivity contribution in [3.63, 3.8) is 0 Å². The van der Waals surface area contributed by atoms with Gasteiger partial charge in [-0.3, -0.25) is 14.4 Å². The van der Waals surface area contributed by atoms with Gasteiger partial charge in [0.2, 0.25) is 5.91 Å². The van der Waals surface area contributed by atoms with E-state index in [4.69, 9.17) is 9.47 Å². The highest BCUT2D eigenvalue weighted by Crippen LogP contribution is 2.28. The second-order valence-corrected chi connectivity index (χ2v) is 11.5. The first-order valence-electron chi connectivity index (χ1n) is 14.1. The monoisotopic (exact) mass is 639 g/mol. The highest BCUT2D eigenvalue weighted by Gasteiger charge is 2.19. The molecule has 0 bridgehead atoms. The standard InChI is InChI=1S/C35H33N3O7S/c1-21-10-11-24(35(42)43)19-29(21)37-32(39)22(2)46-28-15-12-26(13-16-28)36-34(41)30(38-33(40)23-8-6-5-7-9-23)20-25-18-27(44-3)14-17-31(25)45-4/h5-20,22H,1-4H3,(H,36,41)(H,37,39)(H,38,40)(H,42,43)/b30-20-. The molecule has 4 aromatic rings. The lowest BCUT2D eigenvalue weighted by atomic mass is 10.1. The van der Waals surface area contributed by atoms with Crippen LogP contribution < -0.4 is 25.4 Å². The second kappa shape index (κ2) is 15.4. The first-order chi connectivity index (χ1) is 22.1. The van der Waals surface area contributed by atoms with E-state index in [9.17, 15) is 24.3 Å². The van der Waals surface area contributed by atoms with E-state index < -0.39 is 23.0 Å². The summed E-state index contributed by atoms with van der Waals surface area (Å²) in [6, 6.07) is 25.1. The molecule has 0 fully saturated rings. The molecule has 3 amide bonds. The van der Waals surface area contributed by atoms with Crippen LogP contribution in [-0.2, 0) is 9.59 Å². The third-order valence-corrected chi connectivity index (χ3v) is 7.91. The molecule has 0 aliphatic heterocycles. The quantitative estimate of drug-likeness (QED) is 0.105. The minimum Gasteiger partial charge on any atom is -0.497 e. The number of carboxylic acid groups (broad SMARTS) is 1. The first-order valence-corrected chi connectivity index (χ1v) is 15.0. The molecule has 46 heavy (non-hydrogen) atoms. The fourth-order valence-electron chi connectivity index (χ4n) is 4.25. The van der Waals surface area contributed by atoms with Gasteiger partial charge in [-0.2, -0.15) is 0 Å². The Labute approximate surface area is 270 Å². The number of aryl methyl sites for hydroxylation is 1. The van der Waals surface area contributed by atoms with Crippen molar-refractivity contribution < 1.29 is 33.8 Å². The molecular formula is C35H33N3O7S.